The number of amides is 1. The lowest BCUT2D eigenvalue weighted by Crippen LogP contribution is -2.32. The number of carbonyl (C=O) groups excluding carboxylic acids is 1. The number of para-hydroxylation sites is 1. The van der Waals surface area contributed by atoms with Crippen molar-refractivity contribution in [3.8, 4) is 0 Å². The van der Waals surface area contributed by atoms with E-state index in [2.05, 4.69) is 10.2 Å². The number of nitrogens with zero attached hydrogens (tertiary/aromatic N) is 1. The molecular formula is C15H21ClN2O. The van der Waals surface area contributed by atoms with Gasteiger partial charge in [-0.3, -0.25) is 4.79 Å². The van der Waals surface area contributed by atoms with Gasteiger partial charge in [0, 0.05) is 13.0 Å². The lowest BCUT2D eigenvalue weighted by molar-refractivity contribution is -0.116. The molecule has 1 aromatic rings. The number of halogens is 1. The minimum Gasteiger partial charge on any atom is -0.325 e. The third-order valence-corrected chi connectivity index (χ3v) is 3.91. The molecule has 104 valence electrons. The Morgan fingerprint density at radius 1 is 1.32 bits per heavy atom. The zero-order chi connectivity index (χ0) is 13.7. The summed E-state index contributed by atoms with van der Waals surface area (Å²) in [6, 6.07) is 5.64. The molecule has 3 nitrogen and oxygen atoms in total. The highest BCUT2D eigenvalue weighted by Gasteiger charge is 2.13. The molecule has 0 aromatic heterocycles. The summed E-state index contributed by atoms with van der Waals surface area (Å²) in [5.41, 5.74) is 1.74. The van der Waals surface area contributed by atoms with Gasteiger partial charge >= 0.3 is 0 Å². The summed E-state index contributed by atoms with van der Waals surface area (Å²) in [6.45, 7) is 5.04. The van der Waals surface area contributed by atoms with Crippen molar-refractivity contribution in [1.82, 2.24) is 4.90 Å². The molecule has 0 saturated carbocycles. The first-order chi connectivity index (χ1) is 9.16. The molecule has 1 N–H and O–H groups in total. The second kappa shape index (κ2) is 6.92. The Hall–Kier alpha value is -1.06. The van der Waals surface area contributed by atoms with Crippen LogP contribution in [0.2, 0.25) is 5.02 Å². The van der Waals surface area contributed by atoms with E-state index in [9.17, 15) is 4.79 Å². The van der Waals surface area contributed by atoms with E-state index in [0.717, 1.165) is 30.9 Å². The summed E-state index contributed by atoms with van der Waals surface area (Å²) in [4.78, 5) is 14.3. The quantitative estimate of drug-likeness (QED) is 0.916. The molecule has 0 spiro atoms. The van der Waals surface area contributed by atoms with Crippen molar-refractivity contribution in [2.45, 2.75) is 32.6 Å². The number of likely N-dealkylation sites (tertiary alicyclic amines) is 1. The third-order valence-electron chi connectivity index (χ3n) is 3.59. The molecule has 4 heteroatoms. The SMILES string of the molecule is Cc1cccc(Cl)c1NC(=O)CCN1CCCCC1. The lowest BCUT2D eigenvalue weighted by Gasteiger charge is -2.26. The molecule has 1 amide bonds. The minimum atomic E-state index is 0.0433. The Bertz CT molecular complexity index is 422. The van der Waals surface area contributed by atoms with Crippen molar-refractivity contribution < 1.29 is 4.79 Å². The van der Waals surface area contributed by atoms with Crippen molar-refractivity contribution in [2.75, 3.05) is 25.0 Å². The average Bonchev–Trinajstić information content (AvgIpc) is 2.42. The van der Waals surface area contributed by atoms with Crippen LogP contribution in [0.1, 0.15) is 31.2 Å². The summed E-state index contributed by atoms with van der Waals surface area (Å²) < 4.78 is 0. The van der Waals surface area contributed by atoms with Crippen LogP contribution in [-0.2, 0) is 4.79 Å². The van der Waals surface area contributed by atoms with Gasteiger partial charge in [-0.2, -0.15) is 0 Å². The van der Waals surface area contributed by atoms with Crippen LogP contribution in [0.3, 0.4) is 0 Å². The largest absolute Gasteiger partial charge is 0.325 e. The second-order valence-electron chi connectivity index (χ2n) is 5.13. The highest BCUT2D eigenvalue weighted by Crippen LogP contribution is 2.25. The van der Waals surface area contributed by atoms with Crippen molar-refractivity contribution in [2.24, 2.45) is 0 Å². The van der Waals surface area contributed by atoms with E-state index >= 15 is 0 Å². The van der Waals surface area contributed by atoms with Gasteiger partial charge in [0.2, 0.25) is 5.91 Å². The fourth-order valence-corrected chi connectivity index (χ4v) is 2.70. The van der Waals surface area contributed by atoms with Gasteiger partial charge < -0.3 is 10.2 Å². The summed E-state index contributed by atoms with van der Waals surface area (Å²) in [5, 5.41) is 3.52. The zero-order valence-corrected chi connectivity index (χ0v) is 12.2. The Morgan fingerprint density at radius 3 is 2.74 bits per heavy atom. The first-order valence-corrected chi connectivity index (χ1v) is 7.32. The van der Waals surface area contributed by atoms with Gasteiger partial charge in [-0.05, 0) is 44.5 Å². The molecule has 1 aliphatic heterocycles. The number of hydrogen-bond donors (Lipinski definition) is 1. The standard InChI is InChI=1S/C15H21ClN2O/c1-12-6-5-7-13(16)15(12)17-14(19)8-11-18-9-3-2-4-10-18/h5-7H,2-4,8-11H2,1H3,(H,17,19). The topological polar surface area (TPSA) is 32.3 Å². The number of rotatable bonds is 4. The maximum absolute atomic E-state index is 12.0. The first kappa shape index (κ1) is 14.4. The molecule has 0 bridgehead atoms. The van der Waals surface area contributed by atoms with Crippen molar-refractivity contribution in [3.05, 3.63) is 28.8 Å². The maximum atomic E-state index is 12.0. The summed E-state index contributed by atoms with van der Waals surface area (Å²) >= 11 is 6.10. The normalized spacial score (nSPS) is 16.3. The average molecular weight is 281 g/mol. The smallest absolute Gasteiger partial charge is 0.225 e. The van der Waals surface area contributed by atoms with Crippen LogP contribution in [0, 0.1) is 6.92 Å². The van der Waals surface area contributed by atoms with Crippen LogP contribution in [0.5, 0.6) is 0 Å². The summed E-state index contributed by atoms with van der Waals surface area (Å²) in [5.74, 6) is 0.0433. The number of piperidine rings is 1. The van der Waals surface area contributed by atoms with Crippen molar-refractivity contribution in [3.63, 3.8) is 0 Å². The molecular weight excluding hydrogens is 260 g/mol. The van der Waals surface area contributed by atoms with E-state index in [4.69, 9.17) is 11.6 Å². The molecule has 1 aromatic carbocycles. The molecule has 1 heterocycles. The maximum Gasteiger partial charge on any atom is 0.225 e. The fraction of sp³-hybridized carbons (Fsp3) is 0.533. The molecule has 0 radical (unpaired) electrons. The predicted molar refractivity (Wildman–Crippen MR) is 79.7 cm³/mol. The van der Waals surface area contributed by atoms with Gasteiger partial charge in [0.05, 0.1) is 10.7 Å². The van der Waals surface area contributed by atoms with E-state index in [0.29, 0.717) is 11.4 Å². The van der Waals surface area contributed by atoms with Crippen LogP contribution < -0.4 is 5.32 Å². The number of anilines is 1. The number of nitrogens with one attached hydrogen (secondary N) is 1. The van der Waals surface area contributed by atoms with Gasteiger partial charge in [-0.25, -0.2) is 0 Å². The van der Waals surface area contributed by atoms with E-state index in [1.807, 2.05) is 19.1 Å². The van der Waals surface area contributed by atoms with Crippen molar-refractivity contribution >= 4 is 23.2 Å². The minimum absolute atomic E-state index is 0.0433. The predicted octanol–water partition coefficient (Wildman–Crippen LogP) is 3.46. The molecule has 0 unspecified atom stereocenters. The molecule has 0 aliphatic carbocycles. The molecule has 0 atom stereocenters. The van der Waals surface area contributed by atoms with E-state index in [-0.39, 0.29) is 5.91 Å². The molecule has 1 fully saturated rings. The number of carbonyl (C=O) groups is 1. The monoisotopic (exact) mass is 280 g/mol. The van der Waals surface area contributed by atoms with Crippen LogP contribution in [0.15, 0.2) is 18.2 Å². The van der Waals surface area contributed by atoms with Gasteiger partial charge in [0.15, 0.2) is 0 Å². The van der Waals surface area contributed by atoms with Crippen LogP contribution in [0.4, 0.5) is 5.69 Å². The number of aryl methyl sites for hydroxylation is 1. The lowest BCUT2D eigenvalue weighted by atomic mass is 10.1. The Kier molecular flexibility index (Phi) is 5.23. The Labute approximate surface area is 119 Å². The molecule has 1 aliphatic rings. The highest BCUT2D eigenvalue weighted by molar-refractivity contribution is 6.33. The zero-order valence-electron chi connectivity index (χ0n) is 11.4. The number of benzene rings is 1. The van der Waals surface area contributed by atoms with Gasteiger partial charge in [-0.1, -0.05) is 30.2 Å². The highest BCUT2D eigenvalue weighted by atomic mass is 35.5. The van der Waals surface area contributed by atoms with Gasteiger partial charge in [-0.15, -0.1) is 0 Å². The van der Waals surface area contributed by atoms with E-state index in [1.165, 1.54) is 19.3 Å². The summed E-state index contributed by atoms with van der Waals surface area (Å²) in [7, 11) is 0. The second-order valence-corrected chi connectivity index (χ2v) is 5.54. The van der Waals surface area contributed by atoms with Crippen molar-refractivity contribution in [1.29, 1.82) is 0 Å². The Morgan fingerprint density at radius 2 is 2.05 bits per heavy atom. The van der Waals surface area contributed by atoms with Gasteiger partial charge in [0.1, 0.15) is 0 Å². The fourth-order valence-electron chi connectivity index (χ4n) is 2.43. The first-order valence-electron chi connectivity index (χ1n) is 6.94. The van der Waals surface area contributed by atoms with Gasteiger partial charge in [0.25, 0.3) is 0 Å². The van der Waals surface area contributed by atoms with Crippen LogP contribution in [0.25, 0.3) is 0 Å². The molecule has 1 saturated heterocycles. The van der Waals surface area contributed by atoms with E-state index < -0.39 is 0 Å². The Balaban J connectivity index is 1.83. The van der Waals surface area contributed by atoms with Crippen LogP contribution in [-0.4, -0.2) is 30.4 Å². The third kappa shape index (κ3) is 4.22. The van der Waals surface area contributed by atoms with E-state index in [1.54, 1.807) is 6.07 Å². The van der Waals surface area contributed by atoms with Crippen LogP contribution >= 0.6 is 11.6 Å². The number of hydrogen-bond acceptors (Lipinski definition) is 2. The summed E-state index contributed by atoms with van der Waals surface area (Å²) in [6.07, 6.45) is 4.36. The molecule has 2 rings (SSSR count). The molecule has 19 heavy (non-hydrogen) atoms.